The summed E-state index contributed by atoms with van der Waals surface area (Å²) in [6.07, 6.45) is 0. The van der Waals surface area contributed by atoms with E-state index in [1.54, 1.807) is 0 Å². The Labute approximate surface area is 57.8 Å². The van der Waals surface area contributed by atoms with E-state index < -0.39 is 5.30 Å². The lowest BCUT2D eigenvalue weighted by atomic mass is 10.5. The van der Waals surface area contributed by atoms with Crippen LogP contribution in [0.4, 0.5) is 4.79 Å². The van der Waals surface area contributed by atoms with E-state index in [0.29, 0.717) is 0 Å². The topological polar surface area (TPSA) is 43.4 Å². The number of thioether (sulfide) groups is 1. The first-order chi connectivity index (χ1) is 4.16. The van der Waals surface area contributed by atoms with Crippen molar-refractivity contribution in [2.75, 3.05) is 12.9 Å². The zero-order valence-electron chi connectivity index (χ0n) is 5.34. The number of Topliss-reactive ketones (excluding diaryl/α,β-unsaturated/α-hetero) is 1. The van der Waals surface area contributed by atoms with Crippen LogP contribution in [0.1, 0.15) is 6.92 Å². The van der Waals surface area contributed by atoms with Crippen LogP contribution < -0.4 is 0 Å². The molecule has 0 radical (unpaired) electrons. The molecule has 0 aromatic carbocycles. The van der Waals surface area contributed by atoms with Crippen molar-refractivity contribution >= 4 is 22.8 Å². The fourth-order valence-electron chi connectivity index (χ4n) is 0.219. The third kappa shape index (κ3) is 5.36. The van der Waals surface area contributed by atoms with Gasteiger partial charge in [-0.15, -0.1) is 0 Å². The van der Waals surface area contributed by atoms with Crippen LogP contribution in [0, 0.1) is 0 Å². The summed E-state index contributed by atoms with van der Waals surface area (Å²) in [5, 5.41) is -0.412. The molecule has 0 saturated heterocycles. The van der Waals surface area contributed by atoms with Gasteiger partial charge in [0.2, 0.25) is 0 Å². The molecule has 0 unspecified atom stereocenters. The Hall–Kier alpha value is -0.510. The minimum absolute atomic E-state index is 0.0228. The van der Waals surface area contributed by atoms with E-state index in [9.17, 15) is 9.59 Å². The standard InChI is InChI=1S/C5H8O3S/c1-4(6)3-9-5(7)8-2/h3H2,1-2H3. The molecule has 0 aliphatic heterocycles. The van der Waals surface area contributed by atoms with Gasteiger partial charge in [0, 0.05) is 0 Å². The van der Waals surface area contributed by atoms with E-state index in [1.165, 1.54) is 14.0 Å². The molecule has 0 bridgehead atoms. The van der Waals surface area contributed by atoms with Crippen LogP contribution >= 0.6 is 11.8 Å². The van der Waals surface area contributed by atoms with Crippen LogP contribution in [-0.4, -0.2) is 23.9 Å². The second-order valence-electron chi connectivity index (χ2n) is 1.44. The first kappa shape index (κ1) is 8.49. The number of hydrogen-bond donors (Lipinski definition) is 0. The number of rotatable bonds is 2. The summed E-state index contributed by atoms with van der Waals surface area (Å²) in [6.45, 7) is 1.43. The lowest BCUT2D eigenvalue weighted by molar-refractivity contribution is -0.114. The van der Waals surface area contributed by atoms with Gasteiger partial charge in [0.15, 0.2) is 0 Å². The summed E-state index contributed by atoms with van der Waals surface area (Å²) in [7, 11) is 1.29. The molecule has 0 amide bonds. The van der Waals surface area contributed by atoms with Gasteiger partial charge in [-0.2, -0.15) is 0 Å². The van der Waals surface area contributed by atoms with E-state index in [2.05, 4.69) is 4.74 Å². The Morgan fingerprint density at radius 1 is 1.56 bits per heavy atom. The fraction of sp³-hybridized carbons (Fsp3) is 0.600. The molecule has 0 N–H and O–H groups in total. The molecule has 0 rings (SSSR count). The maximum absolute atomic E-state index is 10.3. The highest BCUT2D eigenvalue weighted by Gasteiger charge is 2.01. The minimum atomic E-state index is -0.412. The zero-order chi connectivity index (χ0) is 7.28. The summed E-state index contributed by atoms with van der Waals surface area (Å²) < 4.78 is 4.27. The molecule has 0 atom stereocenters. The van der Waals surface area contributed by atoms with Crippen molar-refractivity contribution in [1.82, 2.24) is 0 Å². The summed E-state index contributed by atoms with van der Waals surface area (Å²) in [6, 6.07) is 0. The number of ether oxygens (including phenoxy) is 1. The summed E-state index contributed by atoms with van der Waals surface area (Å²) in [5.74, 6) is 0.178. The fourth-order valence-corrected chi connectivity index (χ4v) is 0.658. The van der Waals surface area contributed by atoms with Gasteiger partial charge in [0.05, 0.1) is 12.9 Å². The van der Waals surface area contributed by atoms with Crippen molar-refractivity contribution in [3.05, 3.63) is 0 Å². The second-order valence-corrected chi connectivity index (χ2v) is 2.36. The summed E-state index contributed by atoms with van der Waals surface area (Å²) >= 11 is 0.874. The van der Waals surface area contributed by atoms with Crippen molar-refractivity contribution in [2.45, 2.75) is 6.92 Å². The second kappa shape index (κ2) is 4.38. The van der Waals surface area contributed by atoms with E-state index in [-0.39, 0.29) is 11.5 Å². The molecular formula is C5H8O3S. The van der Waals surface area contributed by atoms with Crippen LogP contribution in [0.3, 0.4) is 0 Å². The van der Waals surface area contributed by atoms with E-state index in [4.69, 9.17) is 0 Å². The Morgan fingerprint density at radius 3 is 2.44 bits per heavy atom. The molecule has 0 aliphatic rings. The van der Waals surface area contributed by atoms with Crippen molar-refractivity contribution in [1.29, 1.82) is 0 Å². The maximum atomic E-state index is 10.3. The Balaban J connectivity index is 3.28. The van der Waals surface area contributed by atoms with Crippen LogP contribution in [0.5, 0.6) is 0 Å². The van der Waals surface area contributed by atoms with Crippen molar-refractivity contribution in [2.24, 2.45) is 0 Å². The average molecular weight is 148 g/mol. The minimum Gasteiger partial charge on any atom is -0.461 e. The molecule has 0 aliphatic carbocycles. The summed E-state index contributed by atoms with van der Waals surface area (Å²) in [5.41, 5.74) is 0. The van der Waals surface area contributed by atoms with Gasteiger partial charge in [-0.25, -0.2) is 4.79 Å². The van der Waals surface area contributed by atoms with Gasteiger partial charge < -0.3 is 4.74 Å². The zero-order valence-corrected chi connectivity index (χ0v) is 6.16. The van der Waals surface area contributed by atoms with Crippen LogP contribution in [0.15, 0.2) is 0 Å². The van der Waals surface area contributed by atoms with E-state index in [0.717, 1.165) is 11.8 Å². The molecule has 3 nitrogen and oxygen atoms in total. The highest BCUT2D eigenvalue weighted by Crippen LogP contribution is 2.02. The van der Waals surface area contributed by atoms with Gasteiger partial charge in [0.25, 0.3) is 0 Å². The number of carbonyl (C=O) groups is 2. The number of carbonyl (C=O) groups excluding carboxylic acids is 2. The molecule has 0 heterocycles. The molecule has 4 heteroatoms. The van der Waals surface area contributed by atoms with Crippen LogP contribution in [-0.2, 0) is 9.53 Å². The predicted molar refractivity (Wildman–Crippen MR) is 35.5 cm³/mol. The number of hydrogen-bond acceptors (Lipinski definition) is 4. The summed E-state index contributed by atoms with van der Waals surface area (Å²) in [4.78, 5) is 20.5. The highest BCUT2D eigenvalue weighted by molar-refractivity contribution is 8.13. The van der Waals surface area contributed by atoms with E-state index in [1.807, 2.05) is 0 Å². The van der Waals surface area contributed by atoms with Gasteiger partial charge in [-0.1, -0.05) is 0 Å². The molecule has 52 valence electrons. The molecule has 0 fully saturated rings. The third-order valence-corrected chi connectivity index (χ3v) is 1.51. The molecule has 0 saturated carbocycles. The predicted octanol–water partition coefficient (Wildman–Crippen LogP) is 1.07. The van der Waals surface area contributed by atoms with Gasteiger partial charge in [-0.05, 0) is 18.7 Å². The molecule has 0 aromatic rings. The lowest BCUT2D eigenvalue weighted by Crippen LogP contribution is -1.99. The normalized spacial score (nSPS) is 8.67. The first-order valence-corrected chi connectivity index (χ1v) is 3.35. The third-order valence-electron chi connectivity index (χ3n) is 0.560. The Kier molecular flexibility index (Phi) is 4.13. The Bertz CT molecular complexity index is 121. The number of methoxy groups -OCH3 is 1. The highest BCUT2D eigenvalue weighted by atomic mass is 32.2. The average Bonchev–Trinajstić information content (AvgIpc) is 1.83. The lowest BCUT2D eigenvalue weighted by Gasteiger charge is -1.92. The van der Waals surface area contributed by atoms with Gasteiger partial charge in [0.1, 0.15) is 5.78 Å². The Morgan fingerprint density at radius 2 is 2.11 bits per heavy atom. The molecule has 0 aromatic heterocycles. The van der Waals surface area contributed by atoms with Gasteiger partial charge >= 0.3 is 5.30 Å². The number of ketones is 1. The van der Waals surface area contributed by atoms with E-state index >= 15 is 0 Å². The van der Waals surface area contributed by atoms with Crippen molar-refractivity contribution in [3.63, 3.8) is 0 Å². The molecular weight excluding hydrogens is 140 g/mol. The largest absolute Gasteiger partial charge is 0.461 e. The monoisotopic (exact) mass is 148 g/mol. The maximum Gasteiger partial charge on any atom is 0.367 e. The first-order valence-electron chi connectivity index (χ1n) is 2.37. The molecule has 9 heavy (non-hydrogen) atoms. The quantitative estimate of drug-likeness (QED) is 0.549. The van der Waals surface area contributed by atoms with Crippen molar-refractivity contribution in [3.8, 4) is 0 Å². The van der Waals surface area contributed by atoms with Gasteiger partial charge in [-0.3, -0.25) is 4.79 Å². The van der Waals surface area contributed by atoms with Crippen molar-refractivity contribution < 1.29 is 14.3 Å². The van der Waals surface area contributed by atoms with Crippen LogP contribution in [0.25, 0.3) is 0 Å². The SMILES string of the molecule is COC(=O)SCC(C)=O. The smallest absolute Gasteiger partial charge is 0.367 e. The molecule has 0 spiro atoms. The van der Waals surface area contributed by atoms with Crippen LogP contribution in [0.2, 0.25) is 0 Å².